The summed E-state index contributed by atoms with van der Waals surface area (Å²) in [6.45, 7) is 2.13. The molecule has 0 aliphatic rings. The maximum Gasteiger partial charge on any atom is 0.224 e. The summed E-state index contributed by atoms with van der Waals surface area (Å²) < 4.78 is 1.66. The van der Waals surface area contributed by atoms with Gasteiger partial charge in [-0.25, -0.2) is 4.98 Å². The van der Waals surface area contributed by atoms with Crippen LogP contribution in [0.25, 0.3) is 0 Å². The molecule has 7 heteroatoms. The van der Waals surface area contributed by atoms with Crippen molar-refractivity contribution < 1.29 is 4.79 Å². The number of hydrogen-bond acceptors (Lipinski definition) is 4. The number of carbonyl (C=O) groups is 1. The first kappa shape index (κ1) is 14.9. The fourth-order valence-electron chi connectivity index (χ4n) is 1.15. The first-order chi connectivity index (χ1) is 7.24. The van der Waals surface area contributed by atoms with Crippen LogP contribution in [0.15, 0.2) is 12.7 Å². The van der Waals surface area contributed by atoms with E-state index in [1.807, 2.05) is 7.05 Å². The number of rotatable bonds is 6. The highest BCUT2D eigenvalue weighted by Crippen LogP contribution is 1.93. The van der Waals surface area contributed by atoms with E-state index in [0.717, 1.165) is 13.1 Å². The van der Waals surface area contributed by atoms with Gasteiger partial charge in [0, 0.05) is 26.6 Å². The Balaban J connectivity index is 0.00000225. The highest BCUT2D eigenvalue weighted by atomic mass is 35.5. The second-order valence-corrected chi connectivity index (χ2v) is 3.33. The zero-order chi connectivity index (χ0) is 11.1. The highest BCUT2D eigenvalue weighted by molar-refractivity contribution is 5.85. The smallest absolute Gasteiger partial charge is 0.224 e. The number of aryl methyl sites for hydroxylation is 1. The van der Waals surface area contributed by atoms with Crippen molar-refractivity contribution in [3.63, 3.8) is 0 Å². The Morgan fingerprint density at radius 2 is 2.31 bits per heavy atom. The van der Waals surface area contributed by atoms with Crippen LogP contribution in [-0.4, -0.2) is 52.8 Å². The molecule has 1 aromatic rings. The van der Waals surface area contributed by atoms with E-state index in [2.05, 4.69) is 15.4 Å². The molecule has 1 heterocycles. The van der Waals surface area contributed by atoms with E-state index >= 15 is 0 Å². The summed E-state index contributed by atoms with van der Waals surface area (Å²) in [5, 5.41) is 6.93. The second-order valence-electron chi connectivity index (χ2n) is 3.33. The van der Waals surface area contributed by atoms with E-state index in [-0.39, 0.29) is 18.3 Å². The van der Waals surface area contributed by atoms with Crippen molar-refractivity contribution in [2.24, 2.45) is 0 Å². The second kappa shape index (κ2) is 8.06. The lowest BCUT2D eigenvalue weighted by Crippen LogP contribution is -2.33. The molecule has 1 rings (SSSR count). The van der Waals surface area contributed by atoms with E-state index in [0.29, 0.717) is 13.0 Å². The fraction of sp³-hybridized carbons (Fsp3) is 0.667. The molecule has 0 aliphatic heterocycles. The molecule has 1 aromatic heterocycles. The molecule has 92 valence electrons. The fourth-order valence-corrected chi connectivity index (χ4v) is 1.15. The molecule has 0 saturated carbocycles. The van der Waals surface area contributed by atoms with E-state index in [4.69, 9.17) is 0 Å². The largest absolute Gasteiger partial charge is 0.344 e. The van der Waals surface area contributed by atoms with Crippen LogP contribution in [-0.2, 0) is 11.3 Å². The Kier molecular flexibility index (Phi) is 7.49. The molecule has 0 aromatic carbocycles. The van der Waals surface area contributed by atoms with Crippen LogP contribution in [0.5, 0.6) is 0 Å². The number of carbonyl (C=O) groups excluding carboxylic acids is 1. The van der Waals surface area contributed by atoms with Crippen molar-refractivity contribution in [1.29, 1.82) is 0 Å². The maximum absolute atomic E-state index is 11.6. The van der Waals surface area contributed by atoms with Gasteiger partial charge in [0.05, 0.1) is 6.54 Å². The lowest BCUT2D eigenvalue weighted by molar-refractivity contribution is -0.130. The van der Waals surface area contributed by atoms with E-state index in [1.54, 1.807) is 23.0 Å². The number of nitrogens with zero attached hydrogens (tertiary/aromatic N) is 4. The molecular formula is C9H18ClN5O. The first-order valence-electron chi connectivity index (χ1n) is 4.95. The standard InChI is InChI=1S/C9H17N5O.ClH/c1-10-4-6-13(2)9(15)3-5-14-8-11-7-12-14;/h7-8,10H,3-6H2,1-2H3;1H. The summed E-state index contributed by atoms with van der Waals surface area (Å²) in [5.41, 5.74) is 0. The quantitative estimate of drug-likeness (QED) is 0.754. The van der Waals surface area contributed by atoms with Crippen LogP contribution < -0.4 is 5.32 Å². The first-order valence-corrected chi connectivity index (χ1v) is 4.95. The number of nitrogens with one attached hydrogen (secondary N) is 1. The van der Waals surface area contributed by atoms with Crippen LogP contribution in [0, 0.1) is 0 Å². The Morgan fingerprint density at radius 3 is 2.88 bits per heavy atom. The minimum absolute atomic E-state index is 0. The molecular weight excluding hydrogens is 230 g/mol. The van der Waals surface area contributed by atoms with Gasteiger partial charge in [0.1, 0.15) is 12.7 Å². The molecule has 1 N–H and O–H groups in total. The SMILES string of the molecule is CNCCN(C)C(=O)CCn1cncn1.Cl. The van der Waals surface area contributed by atoms with Crippen molar-refractivity contribution in [2.45, 2.75) is 13.0 Å². The molecule has 0 bridgehead atoms. The summed E-state index contributed by atoms with van der Waals surface area (Å²) in [5.74, 6) is 0.126. The predicted molar refractivity (Wildman–Crippen MR) is 63.5 cm³/mol. The molecule has 0 fully saturated rings. The summed E-state index contributed by atoms with van der Waals surface area (Å²) in [6.07, 6.45) is 3.54. The Hall–Kier alpha value is -1.14. The minimum atomic E-state index is 0. The van der Waals surface area contributed by atoms with Gasteiger partial charge in [-0.15, -0.1) is 12.4 Å². The van der Waals surface area contributed by atoms with Crippen LogP contribution in [0.4, 0.5) is 0 Å². The predicted octanol–water partition coefficient (Wildman–Crippen LogP) is -0.232. The molecule has 6 nitrogen and oxygen atoms in total. The van der Waals surface area contributed by atoms with Gasteiger partial charge >= 0.3 is 0 Å². The van der Waals surface area contributed by atoms with Gasteiger partial charge in [-0.2, -0.15) is 5.10 Å². The third kappa shape index (κ3) is 5.09. The summed E-state index contributed by atoms with van der Waals surface area (Å²) in [4.78, 5) is 17.1. The maximum atomic E-state index is 11.6. The summed E-state index contributed by atoms with van der Waals surface area (Å²) in [6, 6.07) is 0. The van der Waals surface area contributed by atoms with Crippen molar-refractivity contribution in [1.82, 2.24) is 25.0 Å². The van der Waals surface area contributed by atoms with Crippen molar-refractivity contribution >= 4 is 18.3 Å². The third-order valence-corrected chi connectivity index (χ3v) is 2.14. The molecule has 0 saturated heterocycles. The van der Waals surface area contributed by atoms with E-state index in [9.17, 15) is 4.79 Å². The summed E-state index contributed by atoms with van der Waals surface area (Å²) >= 11 is 0. The normalized spacial score (nSPS) is 9.62. The zero-order valence-electron chi connectivity index (χ0n) is 9.59. The lowest BCUT2D eigenvalue weighted by Gasteiger charge is -2.16. The van der Waals surface area contributed by atoms with Gasteiger partial charge < -0.3 is 10.2 Å². The number of halogens is 1. The Morgan fingerprint density at radius 1 is 1.56 bits per heavy atom. The van der Waals surface area contributed by atoms with Crippen LogP contribution >= 0.6 is 12.4 Å². The molecule has 0 radical (unpaired) electrons. The van der Waals surface area contributed by atoms with Crippen LogP contribution in [0.2, 0.25) is 0 Å². The number of hydrogen-bond donors (Lipinski definition) is 1. The number of aromatic nitrogens is 3. The lowest BCUT2D eigenvalue weighted by atomic mass is 10.3. The van der Waals surface area contributed by atoms with Gasteiger partial charge in [-0.3, -0.25) is 9.48 Å². The van der Waals surface area contributed by atoms with E-state index < -0.39 is 0 Å². The average molecular weight is 248 g/mol. The molecule has 1 amide bonds. The minimum Gasteiger partial charge on any atom is -0.344 e. The molecule has 0 spiro atoms. The molecule has 0 aliphatic carbocycles. The van der Waals surface area contributed by atoms with Crippen LogP contribution in [0.1, 0.15) is 6.42 Å². The molecule has 0 atom stereocenters. The van der Waals surface area contributed by atoms with Gasteiger partial charge in [-0.1, -0.05) is 0 Å². The van der Waals surface area contributed by atoms with E-state index in [1.165, 1.54) is 6.33 Å². The number of amides is 1. The Bertz CT molecular complexity index is 290. The van der Waals surface area contributed by atoms with Crippen molar-refractivity contribution in [3.8, 4) is 0 Å². The van der Waals surface area contributed by atoms with Gasteiger partial charge in [0.2, 0.25) is 5.91 Å². The van der Waals surface area contributed by atoms with Gasteiger partial charge in [0.15, 0.2) is 0 Å². The van der Waals surface area contributed by atoms with Gasteiger partial charge in [-0.05, 0) is 7.05 Å². The van der Waals surface area contributed by atoms with Crippen molar-refractivity contribution in [2.75, 3.05) is 27.2 Å². The number of likely N-dealkylation sites (N-methyl/N-ethyl adjacent to an activating group) is 2. The third-order valence-electron chi connectivity index (χ3n) is 2.14. The molecule has 16 heavy (non-hydrogen) atoms. The monoisotopic (exact) mass is 247 g/mol. The topological polar surface area (TPSA) is 63.1 Å². The Labute approximate surface area is 101 Å². The van der Waals surface area contributed by atoms with Gasteiger partial charge in [0.25, 0.3) is 0 Å². The average Bonchev–Trinajstić information content (AvgIpc) is 2.75. The van der Waals surface area contributed by atoms with Crippen LogP contribution in [0.3, 0.4) is 0 Å². The molecule has 0 unspecified atom stereocenters. The highest BCUT2D eigenvalue weighted by Gasteiger charge is 2.07. The summed E-state index contributed by atoms with van der Waals surface area (Å²) in [7, 11) is 3.68. The zero-order valence-corrected chi connectivity index (χ0v) is 10.4. The van der Waals surface area contributed by atoms with Crippen molar-refractivity contribution in [3.05, 3.63) is 12.7 Å².